The number of aromatic nitrogens is 2. The van der Waals surface area contributed by atoms with Gasteiger partial charge in [-0.15, -0.1) is 0 Å². The minimum atomic E-state index is -3.47. The van der Waals surface area contributed by atoms with Crippen molar-refractivity contribution in [2.45, 2.75) is 24.7 Å². The molecule has 0 amide bonds. The van der Waals surface area contributed by atoms with E-state index in [0.29, 0.717) is 34.8 Å². The highest BCUT2D eigenvalue weighted by Gasteiger charge is 2.28. The van der Waals surface area contributed by atoms with Crippen LogP contribution in [-0.4, -0.2) is 36.0 Å². The lowest BCUT2D eigenvalue weighted by atomic mass is 10.1. The van der Waals surface area contributed by atoms with Crippen molar-refractivity contribution in [3.05, 3.63) is 46.2 Å². The maximum Gasteiger partial charge on any atom is 0.264 e. The highest BCUT2D eigenvalue weighted by Crippen LogP contribution is 2.27. The van der Waals surface area contributed by atoms with Crippen molar-refractivity contribution < 1.29 is 8.42 Å². The molecule has 0 saturated carbocycles. The Morgan fingerprint density at radius 3 is 2.50 bits per heavy atom. The average molecular weight is 319 g/mol. The number of hydrogen-bond acceptors (Lipinski definition) is 4. The SMILES string of the molecule is Cc1ccc(-c2ccc(=O)[nH]n2)cc1S(=O)(=O)N1CCCC1. The van der Waals surface area contributed by atoms with Crippen LogP contribution in [0.1, 0.15) is 18.4 Å². The lowest BCUT2D eigenvalue weighted by Crippen LogP contribution is -2.28. The molecule has 1 saturated heterocycles. The molecular formula is C15H17N3O3S. The minimum absolute atomic E-state index is 0.291. The standard InChI is InChI=1S/C15H17N3O3S/c1-11-4-5-12(13-6-7-15(19)17-16-13)10-14(11)22(20,21)18-8-2-3-9-18/h4-7,10H,2-3,8-9H2,1H3,(H,17,19). The Bertz CT molecular complexity index is 832. The van der Waals surface area contributed by atoms with Gasteiger partial charge in [-0.3, -0.25) is 4.79 Å². The van der Waals surface area contributed by atoms with E-state index in [1.165, 1.54) is 10.4 Å². The van der Waals surface area contributed by atoms with Gasteiger partial charge in [0, 0.05) is 24.7 Å². The molecule has 0 unspecified atom stereocenters. The van der Waals surface area contributed by atoms with Crippen molar-refractivity contribution in [2.24, 2.45) is 0 Å². The van der Waals surface area contributed by atoms with Crippen LogP contribution in [0.15, 0.2) is 40.0 Å². The van der Waals surface area contributed by atoms with E-state index in [4.69, 9.17) is 0 Å². The highest BCUT2D eigenvalue weighted by molar-refractivity contribution is 7.89. The van der Waals surface area contributed by atoms with Gasteiger partial charge in [0.2, 0.25) is 10.0 Å². The number of H-pyrrole nitrogens is 1. The fourth-order valence-corrected chi connectivity index (χ4v) is 4.38. The second-order valence-corrected chi connectivity index (χ2v) is 7.30. The first kappa shape index (κ1) is 14.9. The monoisotopic (exact) mass is 319 g/mol. The highest BCUT2D eigenvalue weighted by atomic mass is 32.2. The summed E-state index contributed by atoms with van der Waals surface area (Å²) in [6.07, 6.45) is 1.80. The first-order valence-corrected chi connectivity index (χ1v) is 8.59. The summed E-state index contributed by atoms with van der Waals surface area (Å²) in [4.78, 5) is 11.4. The fourth-order valence-electron chi connectivity index (χ4n) is 2.61. The van der Waals surface area contributed by atoms with E-state index in [1.54, 1.807) is 31.2 Å². The summed E-state index contributed by atoms with van der Waals surface area (Å²) < 4.78 is 27.0. The van der Waals surface area contributed by atoms with Gasteiger partial charge in [-0.1, -0.05) is 12.1 Å². The van der Waals surface area contributed by atoms with E-state index >= 15 is 0 Å². The Morgan fingerprint density at radius 2 is 1.86 bits per heavy atom. The van der Waals surface area contributed by atoms with E-state index in [-0.39, 0.29) is 5.56 Å². The van der Waals surface area contributed by atoms with Crippen LogP contribution in [0.25, 0.3) is 11.3 Å². The number of nitrogens with zero attached hydrogens (tertiary/aromatic N) is 2. The van der Waals surface area contributed by atoms with Crippen LogP contribution in [-0.2, 0) is 10.0 Å². The zero-order valence-corrected chi connectivity index (χ0v) is 13.1. The van der Waals surface area contributed by atoms with Gasteiger partial charge in [-0.25, -0.2) is 13.5 Å². The van der Waals surface area contributed by atoms with Crippen molar-refractivity contribution in [1.82, 2.24) is 14.5 Å². The van der Waals surface area contributed by atoms with Gasteiger partial charge in [0.15, 0.2) is 0 Å². The molecule has 1 aliphatic heterocycles. The van der Waals surface area contributed by atoms with Crippen LogP contribution < -0.4 is 5.56 Å². The third-order valence-electron chi connectivity index (χ3n) is 3.85. The smallest absolute Gasteiger partial charge is 0.264 e. The molecule has 2 aromatic rings. The number of rotatable bonds is 3. The molecule has 3 rings (SSSR count). The van der Waals surface area contributed by atoms with Crippen molar-refractivity contribution in [3.63, 3.8) is 0 Å². The molecule has 0 spiro atoms. The maximum atomic E-state index is 12.7. The first-order chi connectivity index (χ1) is 10.5. The molecule has 116 valence electrons. The number of sulfonamides is 1. The Morgan fingerprint density at radius 1 is 1.14 bits per heavy atom. The average Bonchev–Trinajstić information content (AvgIpc) is 3.03. The Labute approximate surface area is 128 Å². The van der Waals surface area contributed by atoms with Crippen LogP contribution in [0.3, 0.4) is 0 Å². The molecule has 1 aromatic heterocycles. The van der Waals surface area contributed by atoms with Gasteiger partial charge in [0.25, 0.3) is 5.56 Å². The van der Waals surface area contributed by atoms with Crippen LogP contribution in [0.2, 0.25) is 0 Å². The van der Waals surface area contributed by atoms with Gasteiger partial charge in [0.1, 0.15) is 0 Å². The summed E-state index contributed by atoms with van der Waals surface area (Å²) in [5.41, 5.74) is 1.62. The second-order valence-electron chi connectivity index (χ2n) is 5.40. The second kappa shape index (κ2) is 5.66. The molecular weight excluding hydrogens is 302 g/mol. The zero-order chi connectivity index (χ0) is 15.7. The van der Waals surface area contributed by atoms with E-state index in [2.05, 4.69) is 10.2 Å². The molecule has 0 aliphatic carbocycles. The normalized spacial score (nSPS) is 16.0. The van der Waals surface area contributed by atoms with Crippen LogP contribution in [0.5, 0.6) is 0 Å². The molecule has 1 N–H and O–H groups in total. The van der Waals surface area contributed by atoms with E-state index in [9.17, 15) is 13.2 Å². The topological polar surface area (TPSA) is 83.1 Å². The first-order valence-electron chi connectivity index (χ1n) is 7.15. The van der Waals surface area contributed by atoms with Crippen LogP contribution in [0, 0.1) is 6.92 Å². The number of aromatic amines is 1. The van der Waals surface area contributed by atoms with Crippen LogP contribution in [0.4, 0.5) is 0 Å². The van der Waals surface area contributed by atoms with Gasteiger partial charge in [-0.05, 0) is 37.5 Å². The van der Waals surface area contributed by atoms with Crippen LogP contribution >= 0.6 is 0 Å². The lowest BCUT2D eigenvalue weighted by Gasteiger charge is -2.17. The molecule has 1 aromatic carbocycles. The summed E-state index contributed by atoms with van der Waals surface area (Å²) in [5, 5.41) is 6.31. The molecule has 0 radical (unpaired) electrons. The van der Waals surface area contributed by atoms with E-state index < -0.39 is 10.0 Å². The largest absolute Gasteiger partial charge is 0.268 e. The molecule has 7 heteroatoms. The lowest BCUT2D eigenvalue weighted by molar-refractivity contribution is 0.477. The Hall–Kier alpha value is -1.99. The third kappa shape index (κ3) is 2.69. The summed E-state index contributed by atoms with van der Waals surface area (Å²) >= 11 is 0. The third-order valence-corrected chi connectivity index (χ3v) is 5.89. The molecule has 22 heavy (non-hydrogen) atoms. The van der Waals surface area contributed by atoms with Crippen molar-refractivity contribution in [3.8, 4) is 11.3 Å². The molecule has 0 atom stereocenters. The van der Waals surface area contributed by atoms with Gasteiger partial charge in [0.05, 0.1) is 10.6 Å². The number of nitrogens with one attached hydrogen (secondary N) is 1. The van der Waals surface area contributed by atoms with E-state index in [0.717, 1.165) is 12.8 Å². The van der Waals surface area contributed by atoms with Crippen molar-refractivity contribution >= 4 is 10.0 Å². The number of hydrogen-bond donors (Lipinski definition) is 1. The fraction of sp³-hybridized carbons (Fsp3) is 0.333. The molecule has 2 heterocycles. The zero-order valence-electron chi connectivity index (χ0n) is 12.2. The molecule has 1 fully saturated rings. The van der Waals surface area contributed by atoms with E-state index in [1.807, 2.05) is 0 Å². The summed E-state index contributed by atoms with van der Waals surface area (Å²) in [5.74, 6) is 0. The number of benzene rings is 1. The predicted molar refractivity (Wildman–Crippen MR) is 83.0 cm³/mol. The van der Waals surface area contributed by atoms with Gasteiger partial charge < -0.3 is 0 Å². The summed E-state index contributed by atoms with van der Waals surface area (Å²) in [7, 11) is -3.47. The Kier molecular flexibility index (Phi) is 3.84. The van der Waals surface area contributed by atoms with Gasteiger partial charge in [-0.2, -0.15) is 9.40 Å². The molecule has 6 nitrogen and oxygen atoms in total. The predicted octanol–water partition coefficient (Wildman–Crippen LogP) is 1.53. The van der Waals surface area contributed by atoms with Crippen molar-refractivity contribution in [1.29, 1.82) is 0 Å². The molecule has 0 bridgehead atoms. The number of aryl methyl sites for hydroxylation is 1. The quantitative estimate of drug-likeness (QED) is 0.930. The summed E-state index contributed by atoms with van der Waals surface area (Å²) in [6, 6.07) is 8.15. The Balaban J connectivity index is 2.07. The van der Waals surface area contributed by atoms with Crippen molar-refractivity contribution in [2.75, 3.05) is 13.1 Å². The summed E-state index contributed by atoms with van der Waals surface area (Å²) in [6.45, 7) is 2.93. The van der Waals surface area contributed by atoms with Gasteiger partial charge >= 0.3 is 0 Å². The maximum absolute atomic E-state index is 12.7. The molecule has 1 aliphatic rings. The minimum Gasteiger partial charge on any atom is -0.268 e.